The summed E-state index contributed by atoms with van der Waals surface area (Å²) >= 11 is 0. The molecule has 3 saturated heterocycles. The number of phosphoric acid groups is 1. The second-order valence-electron chi connectivity index (χ2n) is 6.19. The van der Waals surface area contributed by atoms with E-state index in [0.29, 0.717) is 5.92 Å². The van der Waals surface area contributed by atoms with Crippen molar-refractivity contribution in [2.24, 2.45) is 11.1 Å². The van der Waals surface area contributed by atoms with Crippen molar-refractivity contribution in [2.45, 2.75) is 32.5 Å². The second kappa shape index (κ2) is 7.66. The molecule has 2 bridgehead atoms. The molecule has 0 aliphatic carbocycles. The van der Waals surface area contributed by atoms with Gasteiger partial charge in [-0.15, -0.1) is 0 Å². The summed E-state index contributed by atoms with van der Waals surface area (Å²) < 4.78 is 26.9. The molecule has 0 aromatic heterocycles. The molecule has 1 aromatic carbocycles. The van der Waals surface area contributed by atoms with Crippen molar-refractivity contribution in [3.8, 4) is 0 Å². The fourth-order valence-electron chi connectivity index (χ4n) is 3.14. The number of ether oxygens (including phenoxy) is 1. The van der Waals surface area contributed by atoms with Gasteiger partial charge in [-0.2, -0.15) is 0 Å². The van der Waals surface area contributed by atoms with Gasteiger partial charge in [-0.3, -0.25) is 9.46 Å². The van der Waals surface area contributed by atoms with Crippen molar-refractivity contribution in [1.29, 1.82) is 0 Å². The van der Waals surface area contributed by atoms with Crippen molar-refractivity contribution < 1.29 is 23.3 Å². The molecule has 0 saturated carbocycles. The number of piperidine rings is 3. The number of rotatable bonds is 6. The van der Waals surface area contributed by atoms with Crippen LogP contribution >= 0.6 is 7.82 Å². The molecule has 2 atom stereocenters. The fourth-order valence-corrected chi connectivity index (χ4v) is 3.71. The maximum absolute atomic E-state index is 11.7. The summed E-state index contributed by atoms with van der Waals surface area (Å²) in [7, 11) is -4.51. The molecule has 1 aromatic rings. The van der Waals surface area contributed by atoms with Gasteiger partial charge >= 0.3 is 7.82 Å². The Bertz CT molecular complexity index is 616. The molecular weight excluding hydrogens is 331 g/mol. The van der Waals surface area contributed by atoms with Crippen LogP contribution in [0, 0.1) is 5.92 Å². The zero-order valence-electron chi connectivity index (χ0n) is 13.7. The lowest BCUT2D eigenvalue weighted by atomic mass is 9.86. The number of hydrogen-bond acceptors (Lipinski definition) is 7. The molecule has 3 fully saturated rings. The zero-order chi connectivity index (χ0) is 17.0. The van der Waals surface area contributed by atoms with Gasteiger partial charge in [-0.05, 0) is 42.6 Å². The highest BCUT2D eigenvalue weighted by Crippen LogP contribution is 2.39. The minimum atomic E-state index is -4.51. The molecule has 8 heteroatoms. The second-order valence-corrected chi connectivity index (χ2v) is 7.51. The van der Waals surface area contributed by atoms with Crippen molar-refractivity contribution >= 4 is 13.7 Å². The van der Waals surface area contributed by atoms with Crippen LogP contribution in [-0.4, -0.2) is 36.5 Å². The molecule has 3 aliphatic heterocycles. The third kappa shape index (κ3) is 4.80. The summed E-state index contributed by atoms with van der Waals surface area (Å²) in [4.78, 5) is 14.1. The summed E-state index contributed by atoms with van der Waals surface area (Å²) in [5.41, 5.74) is 0.737. The minimum absolute atomic E-state index is 0.0520. The third-order valence-electron chi connectivity index (χ3n) is 4.42. The maximum atomic E-state index is 11.7. The van der Waals surface area contributed by atoms with Gasteiger partial charge in [0.25, 0.3) is 0 Å². The van der Waals surface area contributed by atoms with Crippen LogP contribution in [0.1, 0.15) is 25.3 Å². The molecule has 0 N–H and O–H groups in total. The Kier molecular flexibility index (Phi) is 5.56. The van der Waals surface area contributed by atoms with E-state index in [9.17, 15) is 9.46 Å². The molecule has 4 rings (SSSR count). The van der Waals surface area contributed by atoms with Crippen molar-refractivity contribution in [1.82, 2.24) is 4.90 Å². The van der Waals surface area contributed by atoms with Crippen LogP contribution in [0.15, 0.2) is 35.5 Å². The summed E-state index contributed by atoms with van der Waals surface area (Å²) in [6.45, 7) is 4.59. The van der Waals surface area contributed by atoms with Crippen LogP contribution in [0.2, 0.25) is 0 Å². The van der Waals surface area contributed by atoms with E-state index in [2.05, 4.69) is 14.7 Å². The van der Waals surface area contributed by atoms with Gasteiger partial charge in [-0.1, -0.05) is 30.3 Å². The van der Waals surface area contributed by atoms with Crippen molar-refractivity contribution in [3.05, 3.63) is 35.9 Å². The molecule has 3 aliphatic rings. The van der Waals surface area contributed by atoms with Crippen molar-refractivity contribution in [3.63, 3.8) is 0 Å². The first-order valence-corrected chi connectivity index (χ1v) is 9.60. The van der Waals surface area contributed by atoms with E-state index < -0.39 is 7.82 Å². The van der Waals surface area contributed by atoms with Crippen molar-refractivity contribution in [2.75, 3.05) is 19.6 Å². The average molecular weight is 353 g/mol. The lowest BCUT2D eigenvalue weighted by Crippen LogP contribution is -2.51. The van der Waals surface area contributed by atoms with Gasteiger partial charge in [0.15, 0.2) is 0 Å². The van der Waals surface area contributed by atoms with Crippen LogP contribution < -0.4 is 4.89 Å². The van der Waals surface area contributed by atoms with E-state index in [-0.39, 0.29) is 18.6 Å². The zero-order valence-corrected chi connectivity index (χ0v) is 14.6. The van der Waals surface area contributed by atoms with E-state index in [0.717, 1.165) is 38.0 Å². The number of fused-ring (bicyclic) bond motifs is 3. The molecule has 0 amide bonds. The van der Waals surface area contributed by atoms with E-state index in [4.69, 9.17) is 9.26 Å². The van der Waals surface area contributed by atoms with Crippen LogP contribution in [0.4, 0.5) is 0 Å². The number of nitrogens with zero attached hydrogens (tertiary/aromatic N) is 2. The Hall–Kier alpha value is -1.40. The standard InChI is InChI=1S/C16H23N2O5P/c1-13(22-16-11-18-9-7-15(16)8-10-18)17-23-24(19,20)21-12-14-5-3-2-4-6-14/h2-6,15-16H,7-12H2,1H3,(H,19,20)/p-1. The Morgan fingerprint density at radius 2 is 2.04 bits per heavy atom. The van der Waals surface area contributed by atoms with Crippen LogP contribution in [0.3, 0.4) is 0 Å². The summed E-state index contributed by atoms with van der Waals surface area (Å²) in [6.07, 6.45) is 2.27. The first-order chi connectivity index (χ1) is 11.5. The van der Waals surface area contributed by atoms with Gasteiger partial charge in [0.1, 0.15) is 6.10 Å². The average Bonchev–Trinajstić information content (AvgIpc) is 2.61. The van der Waals surface area contributed by atoms with Gasteiger partial charge in [0.2, 0.25) is 5.90 Å². The van der Waals surface area contributed by atoms with Gasteiger partial charge < -0.3 is 18.8 Å². The third-order valence-corrected chi connectivity index (χ3v) is 5.15. The number of hydrogen-bond donors (Lipinski definition) is 0. The number of benzene rings is 1. The quantitative estimate of drug-likeness (QED) is 0.337. The maximum Gasteiger partial charge on any atom is 0.343 e. The fraction of sp³-hybridized carbons (Fsp3) is 0.562. The Labute approximate surface area is 141 Å². The molecule has 24 heavy (non-hydrogen) atoms. The lowest BCUT2D eigenvalue weighted by Gasteiger charge is -2.44. The topological polar surface area (TPSA) is 83.4 Å². The molecule has 132 valence electrons. The highest BCUT2D eigenvalue weighted by Gasteiger charge is 2.35. The molecule has 7 nitrogen and oxygen atoms in total. The molecule has 2 unspecified atom stereocenters. The van der Waals surface area contributed by atoms with Crippen LogP contribution in [0.25, 0.3) is 0 Å². The molecular formula is C16H22N2O5P-. The minimum Gasteiger partial charge on any atom is -0.745 e. The van der Waals surface area contributed by atoms with E-state index in [1.807, 2.05) is 6.07 Å². The van der Waals surface area contributed by atoms with E-state index >= 15 is 0 Å². The largest absolute Gasteiger partial charge is 0.745 e. The Balaban J connectivity index is 1.47. The first kappa shape index (κ1) is 17.4. The predicted molar refractivity (Wildman–Crippen MR) is 87.1 cm³/mol. The highest BCUT2D eigenvalue weighted by atomic mass is 31.2. The summed E-state index contributed by atoms with van der Waals surface area (Å²) in [6, 6.07) is 8.99. The Morgan fingerprint density at radius 3 is 2.67 bits per heavy atom. The van der Waals surface area contributed by atoms with Crippen LogP contribution in [-0.2, 0) is 25.1 Å². The normalized spacial score (nSPS) is 29.1. The molecule has 0 radical (unpaired) electrons. The molecule has 0 spiro atoms. The van der Waals surface area contributed by atoms with Crippen LogP contribution in [0.5, 0.6) is 0 Å². The number of oxime groups is 1. The van der Waals surface area contributed by atoms with E-state index in [1.165, 1.54) is 0 Å². The monoisotopic (exact) mass is 353 g/mol. The Morgan fingerprint density at radius 1 is 1.33 bits per heavy atom. The predicted octanol–water partition coefficient (Wildman–Crippen LogP) is 2.13. The number of phosphoric ester groups is 1. The van der Waals surface area contributed by atoms with Gasteiger partial charge in [-0.25, -0.2) is 0 Å². The summed E-state index contributed by atoms with van der Waals surface area (Å²) in [5, 5.41) is 3.56. The lowest BCUT2D eigenvalue weighted by molar-refractivity contribution is -0.227. The van der Waals surface area contributed by atoms with Gasteiger partial charge in [0.05, 0.1) is 6.61 Å². The highest BCUT2D eigenvalue weighted by molar-refractivity contribution is 7.45. The van der Waals surface area contributed by atoms with E-state index in [1.54, 1.807) is 31.2 Å². The molecule has 3 heterocycles. The van der Waals surface area contributed by atoms with Gasteiger partial charge in [0, 0.05) is 13.5 Å². The smallest absolute Gasteiger partial charge is 0.343 e. The summed E-state index contributed by atoms with van der Waals surface area (Å²) in [5.74, 6) is 0.710. The SMILES string of the molecule is CC(=NOP(=O)([O-])OCc1ccccc1)OC1CN2CCC1CC2. The first-order valence-electron chi connectivity index (χ1n) is 8.14.